The summed E-state index contributed by atoms with van der Waals surface area (Å²) < 4.78 is 0. The van der Waals surface area contributed by atoms with E-state index in [0.29, 0.717) is 5.56 Å². The maximum Gasteiger partial charge on any atom is 0.104 e. The quantitative estimate of drug-likeness (QED) is 0.850. The molecule has 0 bridgehead atoms. The SMILES string of the molecule is Cc1ccccc1C(O)c1ccc(C#N)cc1. The molecule has 0 saturated heterocycles. The van der Waals surface area contributed by atoms with E-state index in [-0.39, 0.29) is 0 Å². The first kappa shape index (κ1) is 11.4. The molecule has 0 spiro atoms. The predicted octanol–water partition coefficient (Wildman–Crippen LogP) is 2.95. The normalized spacial score (nSPS) is 11.8. The summed E-state index contributed by atoms with van der Waals surface area (Å²) in [4.78, 5) is 0. The molecule has 84 valence electrons. The maximum atomic E-state index is 10.3. The fraction of sp³-hybridized carbons (Fsp3) is 0.133. The van der Waals surface area contributed by atoms with Crippen LogP contribution >= 0.6 is 0 Å². The van der Waals surface area contributed by atoms with Gasteiger partial charge in [0.2, 0.25) is 0 Å². The van der Waals surface area contributed by atoms with Gasteiger partial charge in [0.15, 0.2) is 0 Å². The largest absolute Gasteiger partial charge is 0.384 e. The van der Waals surface area contributed by atoms with Crippen molar-refractivity contribution < 1.29 is 5.11 Å². The lowest BCUT2D eigenvalue weighted by Gasteiger charge is -2.13. The highest BCUT2D eigenvalue weighted by Gasteiger charge is 2.11. The van der Waals surface area contributed by atoms with E-state index < -0.39 is 6.10 Å². The van der Waals surface area contributed by atoms with Crippen molar-refractivity contribution in [1.82, 2.24) is 0 Å². The molecule has 1 unspecified atom stereocenters. The Morgan fingerprint density at radius 3 is 2.29 bits per heavy atom. The topological polar surface area (TPSA) is 44.0 Å². The molecule has 17 heavy (non-hydrogen) atoms. The van der Waals surface area contributed by atoms with Gasteiger partial charge in [-0.15, -0.1) is 0 Å². The molecule has 0 fully saturated rings. The van der Waals surface area contributed by atoms with Crippen LogP contribution in [0.25, 0.3) is 0 Å². The van der Waals surface area contributed by atoms with E-state index in [1.165, 1.54) is 0 Å². The molecule has 2 nitrogen and oxygen atoms in total. The third-order valence-electron chi connectivity index (χ3n) is 2.84. The Hall–Kier alpha value is -2.11. The molecular weight excluding hydrogens is 210 g/mol. The molecular formula is C15H13NO. The third-order valence-corrected chi connectivity index (χ3v) is 2.84. The lowest BCUT2D eigenvalue weighted by atomic mass is 9.97. The standard InChI is InChI=1S/C15H13NO/c1-11-4-2-3-5-14(11)15(17)13-8-6-12(10-16)7-9-13/h2-9,15,17H,1H3. The number of nitriles is 1. The summed E-state index contributed by atoms with van der Waals surface area (Å²) in [6.45, 7) is 1.97. The first-order valence-corrected chi connectivity index (χ1v) is 5.46. The Labute approximate surface area is 101 Å². The van der Waals surface area contributed by atoms with Gasteiger partial charge in [-0.3, -0.25) is 0 Å². The van der Waals surface area contributed by atoms with Gasteiger partial charge in [-0.2, -0.15) is 5.26 Å². The summed E-state index contributed by atoms with van der Waals surface area (Å²) in [5, 5.41) is 19.0. The van der Waals surface area contributed by atoms with E-state index in [1.54, 1.807) is 24.3 Å². The second kappa shape index (κ2) is 4.82. The minimum absolute atomic E-state index is 0.603. The number of hydrogen-bond donors (Lipinski definition) is 1. The van der Waals surface area contributed by atoms with Crippen LogP contribution in [-0.4, -0.2) is 5.11 Å². The molecule has 2 aromatic rings. The van der Waals surface area contributed by atoms with Gasteiger partial charge in [-0.25, -0.2) is 0 Å². The van der Waals surface area contributed by atoms with Crippen LogP contribution in [-0.2, 0) is 0 Å². The van der Waals surface area contributed by atoms with Crippen molar-refractivity contribution >= 4 is 0 Å². The first-order valence-electron chi connectivity index (χ1n) is 5.46. The summed E-state index contributed by atoms with van der Waals surface area (Å²) in [6.07, 6.45) is -0.635. The predicted molar refractivity (Wildman–Crippen MR) is 66.4 cm³/mol. The lowest BCUT2D eigenvalue weighted by Crippen LogP contribution is -2.01. The van der Waals surface area contributed by atoms with E-state index in [2.05, 4.69) is 6.07 Å². The summed E-state index contributed by atoms with van der Waals surface area (Å²) in [7, 11) is 0. The van der Waals surface area contributed by atoms with Crippen molar-refractivity contribution in [2.45, 2.75) is 13.0 Å². The molecule has 0 aliphatic heterocycles. The molecule has 0 radical (unpaired) electrons. The highest BCUT2D eigenvalue weighted by molar-refractivity contribution is 5.38. The Morgan fingerprint density at radius 2 is 1.71 bits per heavy atom. The van der Waals surface area contributed by atoms with Crippen LogP contribution in [0.2, 0.25) is 0 Å². The maximum absolute atomic E-state index is 10.3. The molecule has 2 aromatic carbocycles. The second-order valence-electron chi connectivity index (χ2n) is 3.99. The zero-order chi connectivity index (χ0) is 12.3. The molecule has 0 aliphatic carbocycles. The first-order chi connectivity index (χ1) is 8.22. The van der Waals surface area contributed by atoms with Gasteiger partial charge < -0.3 is 5.11 Å². The number of benzene rings is 2. The molecule has 0 heterocycles. The fourth-order valence-electron chi connectivity index (χ4n) is 1.81. The highest BCUT2D eigenvalue weighted by Crippen LogP contribution is 2.24. The summed E-state index contributed by atoms with van der Waals surface area (Å²) in [5.74, 6) is 0. The Morgan fingerprint density at radius 1 is 1.06 bits per heavy atom. The summed E-state index contributed by atoms with van der Waals surface area (Å²) >= 11 is 0. The average molecular weight is 223 g/mol. The van der Waals surface area contributed by atoms with Gasteiger partial charge in [0.1, 0.15) is 6.10 Å². The van der Waals surface area contributed by atoms with Gasteiger partial charge in [0.05, 0.1) is 11.6 Å². The number of hydrogen-bond acceptors (Lipinski definition) is 2. The Kier molecular flexibility index (Phi) is 3.22. The number of aryl methyl sites for hydroxylation is 1. The van der Waals surface area contributed by atoms with E-state index in [9.17, 15) is 5.11 Å². The highest BCUT2D eigenvalue weighted by atomic mass is 16.3. The monoisotopic (exact) mass is 223 g/mol. The van der Waals surface area contributed by atoms with Crippen molar-refractivity contribution in [3.8, 4) is 6.07 Å². The Balaban J connectivity index is 2.34. The van der Waals surface area contributed by atoms with Crippen LogP contribution in [0.4, 0.5) is 0 Å². The van der Waals surface area contributed by atoms with E-state index in [4.69, 9.17) is 5.26 Å². The van der Waals surface area contributed by atoms with E-state index in [1.807, 2.05) is 31.2 Å². The number of rotatable bonds is 2. The minimum atomic E-state index is -0.635. The average Bonchev–Trinajstić information content (AvgIpc) is 2.39. The molecule has 2 heteroatoms. The van der Waals surface area contributed by atoms with Crippen molar-refractivity contribution in [1.29, 1.82) is 5.26 Å². The van der Waals surface area contributed by atoms with Crippen LogP contribution < -0.4 is 0 Å². The second-order valence-corrected chi connectivity index (χ2v) is 3.99. The van der Waals surface area contributed by atoms with Crippen LogP contribution in [0.3, 0.4) is 0 Å². The minimum Gasteiger partial charge on any atom is -0.384 e. The number of aliphatic hydroxyl groups is 1. The number of nitrogens with zero attached hydrogens (tertiary/aromatic N) is 1. The van der Waals surface area contributed by atoms with Gasteiger partial charge in [-0.1, -0.05) is 36.4 Å². The smallest absolute Gasteiger partial charge is 0.104 e. The molecule has 0 amide bonds. The molecule has 1 N–H and O–H groups in total. The summed E-state index contributed by atoms with van der Waals surface area (Å²) in [5.41, 5.74) is 3.37. The number of aliphatic hydroxyl groups excluding tert-OH is 1. The van der Waals surface area contributed by atoms with Crippen molar-refractivity contribution in [2.75, 3.05) is 0 Å². The zero-order valence-corrected chi connectivity index (χ0v) is 9.59. The van der Waals surface area contributed by atoms with Gasteiger partial charge in [0.25, 0.3) is 0 Å². The van der Waals surface area contributed by atoms with Crippen LogP contribution in [0.5, 0.6) is 0 Å². The molecule has 0 saturated carbocycles. The van der Waals surface area contributed by atoms with Gasteiger partial charge in [0, 0.05) is 0 Å². The van der Waals surface area contributed by atoms with Gasteiger partial charge in [-0.05, 0) is 35.7 Å². The van der Waals surface area contributed by atoms with Crippen LogP contribution in [0, 0.1) is 18.3 Å². The lowest BCUT2D eigenvalue weighted by molar-refractivity contribution is 0.219. The van der Waals surface area contributed by atoms with Crippen molar-refractivity contribution in [3.05, 3.63) is 70.8 Å². The molecule has 0 aliphatic rings. The van der Waals surface area contributed by atoms with Crippen molar-refractivity contribution in [3.63, 3.8) is 0 Å². The zero-order valence-electron chi connectivity index (χ0n) is 9.59. The fourth-order valence-corrected chi connectivity index (χ4v) is 1.81. The van der Waals surface area contributed by atoms with Crippen molar-refractivity contribution in [2.24, 2.45) is 0 Å². The van der Waals surface area contributed by atoms with Crippen LogP contribution in [0.15, 0.2) is 48.5 Å². The van der Waals surface area contributed by atoms with E-state index >= 15 is 0 Å². The van der Waals surface area contributed by atoms with Crippen LogP contribution in [0.1, 0.15) is 28.4 Å². The molecule has 2 rings (SSSR count). The molecule has 1 atom stereocenters. The van der Waals surface area contributed by atoms with Gasteiger partial charge >= 0.3 is 0 Å². The molecule has 0 aromatic heterocycles. The summed E-state index contributed by atoms with van der Waals surface area (Å²) in [6, 6.07) is 16.8. The third kappa shape index (κ3) is 2.35. The Bertz CT molecular complexity index is 552. The van der Waals surface area contributed by atoms with E-state index in [0.717, 1.165) is 16.7 Å².